The van der Waals surface area contributed by atoms with E-state index in [4.69, 9.17) is 0 Å². The minimum atomic E-state index is 0. The summed E-state index contributed by atoms with van der Waals surface area (Å²) in [7, 11) is 0. The van der Waals surface area contributed by atoms with Gasteiger partial charge in [-0.05, 0) is 17.4 Å². The Bertz CT molecular complexity index is 944. The Morgan fingerprint density at radius 1 is 0.853 bits per heavy atom. The van der Waals surface area contributed by atoms with Crippen molar-refractivity contribution in [2.75, 3.05) is 0 Å². The predicted octanol–water partition coefficient (Wildman–Crippen LogP) is 2.29. The number of hydrogen-bond acceptors (Lipinski definition) is 0. The third-order valence-electron chi connectivity index (χ3n) is 6.32. The van der Waals surface area contributed by atoms with Crippen molar-refractivity contribution >= 4 is 5.43 Å². The third kappa shape index (κ3) is 8.92. The van der Waals surface area contributed by atoms with Gasteiger partial charge in [0.15, 0.2) is 0 Å². The average molecular weight is 589 g/mol. The average Bonchev–Trinajstić information content (AvgIpc) is 3.49. The van der Waals surface area contributed by atoms with Crippen molar-refractivity contribution in [3.05, 3.63) is 83.0 Å². The van der Waals surface area contributed by atoms with Crippen LogP contribution in [0.5, 0.6) is 0 Å². The summed E-state index contributed by atoms with van der Waals surface area (Å²) in [6.45, 7) is 13.6. The quantitative estimate of drug-likeness (QED) is 0.279. The van der Waals surface area contributed by atoms with E-state index in [2.05, 4.69) is 90.1 Å². The number of halogens is 2. The third-order valence-corrected chi connectivity index (χ3v) is 11.9. The molecule has 2 aromatic rings. The zero-order valence-electron chi connectivity index (χ0n) is 21.6. The first-order valence-corrected chi connectivity index (χ1v) is 17.6. The van der Waals surface area contributed by atoms with Crippen molar-refractivity contribution in [2.24, 2.45) is 0 Å². The molecule has 0 unspecified atom stereocenters. The molecule has 2 aliphatic carbocycles. The molecular formula is C30H38Cl2SiZr-2. The van der Waals surface area contributed by atoms with Crippen molar-refractivity contribution in [3.63, 3.8) is 0 Å². The van der Waals surface area contributed by atoms with Gasteiger partial charge in [-0.2, -0.15) is 35.4 Å². The molecule has 1 heterocycles. The van der Waals surface area contributed by atoms with E-state index in [1.807, 2.05) is 35.5 Å². The number of rotatable bonds is 0. The summed E-state index contributed by atoms with van der Waals surface area (Å²) in [6.07, 6.45) is 14.1. The van der Waals surface area contributed by atoms with E-state index in [9.17, 15) is 0 Å². The Morgan fingerprint density at radius 3 is 1.91 bits per heavy atom. The first-order valence-electron chi connectivity index (χ1n) is 12.0. The molecule has 0 amide bonds. The van der Waals surface area contributed by atoms with Crippen LogP contribution < -0.4 is 24.8 Å². The molecular weight excluding hydrogens is 551 g/mol. The van der Waals surface area contributed by atoms with Crippen LogP contribution in [0.4, 0.5) is 0 Å². The Labute approximate surface area is 236 Å². The number of benzene rings is 2. The van der Waals surface area contributed by atoms with Gasteiger partial charge in [-0.3, -0.25) is 6.08 Å². The van der Waals surface area contributed by atoms with Crippen molar-refractivity contribution in [3.8, 4) is 11.1 Å². The van der Waals surface area contributed by atoms with Crippen molar-refractivity contribution in [2.45, 2.75) is 90.1 Å². The van der Waals surface area contributed by atoms with Gasteiger partial charge in [0.05, 0.1) is 0 Å². The van der Waals surface area contributed by atoms with Gasteiger partial charge < -0.3 is 24.8 Å². The first kappa shape index (κ1) is 31.6. The molecule has 1 saturated heterocycles. The summed E-state index contributed by atoms with van der Waals surface area (Å²) >= 11 is 1.87. The molecule has 0 bridgehead atoms. The van der Waals surface area contributed by atoms with E-state index >= 15 is 0 Å². The maximum absolute atomic E-state index is 3.53. The second-order valence-corrected chi connectivity index (χ2v) is 18.6. The van der Waals surface area contributed by atoms with E-state index in [-0.39, 0.29) is 35.6 Å². The van der Waals surface area contributed by atoms with Gasteiger partial charge in [0.2, 0.25) is 0 Å². The van der Waals surface area contributed by atoms with Crippen LogP contribution in [-0.4, -0.2) is 5.43 Å². The van der Waals surface area contributed by atoms with Crippen LogP contribution in [0.15, 0.2) is 48.6 Å². The van der Waals surface area contributed by atoms with E-state index in [1.165, 1.54) is 33.4 Å². The fraction of sp³-hybridized carbons (Fsp3) is 0.467. The number of hydrogen-bond donors (Lipinski definition) is 0. The topological polar surface area (TPSA) is 0 Å². The monoisotopic (exact) mass is 586 g/mol. The molecule has 182 valence electrons. The Kier molecular flexibility index (Phi) is 12.8. The molecule has 0 spiro atoms. The summed E-state index contributed by atoms with van der Waals surface area (Å²) in [4.78, 5) is 0. The van der Waals surface area contributed by atoms with E-state index < -0.39 is 0 Å². The molecule has 1 aliphatic heterocycles. The van der Waals surface area contributed by atoms with Crippen LogP contribution in [0.2, 0.25) is 12.1 Å². The molecule has 2 aromatic carbocycles. The molecule has 1 fully saturated rings. The standard InChI is InChI=1S/C21H25.C5H5.C4H8Si.2ClH.Zr/c1-20(2,3)16-9-7-14-11-15-8-10-17(21(4,5)6)13-19(15)18(14)12-16;2*1-2-4-5-3-1;;;/h7,9-10,12-13H,11H2,1-6H3;1-3H,4H2;1-4H2;2*1H;/q2*-1;;;;+2/p-2. The minimum absolute atomic E-state index is 0. The summed E-state index contributed by atoms with van der Waals surface area (Å²) in [6, 6.07) is 18.3. The van der Waals surface area contributed by atoms with Crippen LogP contribution in [0, 0.1) is 12.1 Å². The SMILES string of the molecule is CC(C)(C)c1c[c-]c2c(c1)-c1cc(C(C)(C)C)ccc1C2.[C-]1=CC=CC1.[Cl-].[Cl-].[Zr+2]=[Si]1CCCC1. The second-order valence-electron chi connectivity index (χ2n) is 11.1. The summed E-state index contributed by atoms with van der Waals surface area (Å²) in [5.74, 6) is 0. The Hall–Kier alpha value is -0.400. The zero-order chi connectivity index (χ0) is 23.4. The van der Waals surface area contributed by atoms with Crippen LogP contribution in [0.3, 0.4) is 0 Å². The van der Waals surface area contributed by atoms with Crippen molar-refractivity contribution in [1.29, 1.82) is 0 Å². The summed E-state index contributed by atoms with van der Waals surface area (Å²) in [5.41, 5.74) is 9.09. The summed E-state index contributed by atoms with van der Waals surface area (Å²) in [5, 5.41) is 0. The van der Waals surface area contributed by atoms with E-state index in [1.54, 1.807) is 24.9 Å². The zero-order valence-corrected chi connectivity index (χ0v) is 26.6. The Balaban J connectivity index is 0.000000367. The molecule has 4 heteroatoms. The number of allylic oxidation sites excluding steroid dienone is 4. The van der Waals surface area contributed by atoms with Gasteiger partial charge in [0.1, 0.15) is 0 Å². The fourth-order valence-electron chi connectivity index (χ4n) is 4.13. The van der Waals surface area contributed by atoms with Crippen molar-refractivity contribution in [1.82, 2.24) is 0 Å². The van der Waals surface area contributed by atoms with E-state index in [0.717, 1.165) is 12.8 Å². The molecule has 5 rings (SSSR count). The van der Waals surface area contributed by atoms with Crippen LogP contribution in [0.25, 0.3) is 11.1 Å². The summed E-state index contributed by atoms with van der Waals surface area (Å²) < 4.78 is 0. The molecule has 0 N–H and O–H groups in total. The first-order chi connectivity index (χ1) is 15.1. The van der Waals surface area contributed by atoms with Gasteiger partial charge in [-0.25, -0.2) is 12.2 Å². The molecule has 0 saturated carbocycles. The van der Waals surface area contributed by atoms with Gasteiger partial charge in [0.25, 0.3) is 0 Å². The van der Waals surface area contributed by atoms with Crippen LogP contribution >= 0.6 is 0 Å². The van der Waals surface area contributed by atoms with E-state index in [0.29, 0.717) is 5.43 Å². The van der Waals surface area contributed by atoms with Crippen LogP contribution in [-0.2, 0) is 40.6 Å². The van der Waals surface area contributed by atoms with Gasteiger partial charge in [-0.15, -0.1) is 12.0 Å². The van der Waals surface area contributed by atoms with Gasteiger partial charge in [-0.1, -0.05) is 76.3 Å². The fourth-order valence-corrected chi connectivity index (χ4v) is 8.34. The number of fused-ring (bicyclic) bond motifs is 3. The normalized spacial score (nSPS) is 15.2. The molecule has 34 heavy (non-hydrogen) atoms. The predicted molar refractivity (Wildman–Crippen MR) is 137 cm³/mol. The maximum atomic E-state index is 3.53. The van der Waals surface area contributed by atoms with Crippen LogP contribution in [0.1, 0.15) is 83.1 Å². The van der Waals surface area contributed by atoms with Gasteiger partial charge in [0, 0.05) is 0 Å². The second kappa shape index (κ2) is 13.8. The molecule has 0 aromatic heterocycles. The van der Waals surface area contributed by atoms with Crippen molar-refractivity contribution < 1.29 is 48.1 Å². The molecule has 0 atom stereocenters. The molecule has 3 aliphatic rings. The van der Waals surface area contributed by atoms with Gasteiger partial charge >= 0.3 is 53.7 Å². The Morgan fingerprint density at radius 2 is 1.47 bits per heavy atom. The molecule has 0 radical (unpaired) electrons. The molecule has 0 nitrogen and oxygen atoms in total.